The van der Waals surface area contributed by atoms with Crippen molar-refractivity contribution in [1.82, 2.24) is 9.97 Å². The average Bonchev–Trinajstić information content (AvgIpc) is 3.13. The SMILES string of the molecule is CCNc1ccc(C(O)=C2CCc3nc(N(S)C(=O)OCC)sc3C2=O)cn1. The van der Waals surface area contributed by atoms with Crippen LogP contribution in [-0.2, 0) is 11.2 Å². The Morgan fingerprint density at radius 2 is 2.18 bits per heavy atom. The van der Waals surface area contributed by atoms with Crippen molar-refractivity contribution in [3.63, 3.8) is 0 Å². The number of aryl methyl sites for hydroxylation is 1. The van der Waals surface area contributed by atoms with Gasteiger partial charge < -0.3 is 15.2 Å². The smallest absolute Gasteiger partial charge is 0.426 e. The lowest BCUT2D eigenvalue weighted by atomic mass is 9.93. The Morgan fingerprint density at radius 3 is 2.82 bits per heavy atom. The van der Waals surface area contributed by atoms with Gasteiger partial charge >= 0.3 is 6.09 Å². The lowest BCUT2D eigenvalue weighted by molar-refractivity contribution is 0.102. The number of thiazole rings is 1. The molecule has 0 unspecified atom stereocenters. The number of amides is 1. The van der Waals surface area contributed by atoms with Crippen molar-refractivity contribution >= 4 is 52.7 Å². The van der Waals surface area contributed by atoms with E-state index in [1.807, 2.05) is 6.92 Å². The number of ether oxygens (including phenoxy) is 1. The number of allylic oxidation sites excluding steroid dienone is 1. The minimum Gasteiger partial charge on any atom is -0.507 e. The maximum absolute atomic E-state index is 12.9. The van der Waals surface area contributed by atoms with Crippen LogP contribution in [0.1, 0.15) is 41.2 Å². The van der Waals surface area contributed by atoms with Gasteiger partial charge in [0.2, 0.25) is 10.9 Å². The van der Waals surface area contributed by atoms with Gasteiger partial charge in [-0.25, -0.2) is 14.8 Å². The number of fused-ring (bicyclic) bond motifs is 1. The number of aromatic nitrogens is 2. The second kappa shape index (κ2) is 8.61. The quantitative estimate of drug-likeness (QED) is 0.383. The molecule has 8 nitrogen and oxygen atoms in total. The van der Waals surface area contributed by atoms with Crippen molar-refractivity contribution in [2.75, 3.05) is 22.8 Å². The van der Waals surface area contributed by atoms with E-state index < -0.39 is 6.09 Å². The molecule has 148 valence electrons. The highest BCUT2D eigenvalue weighted by atomic mass is 32.1. The van der Waals surface area contributed by atoms with Gasteiger partial charge in [0.05, 0.1) is 12.3 Å². The molecule has 0 saturated carbocycles. The van der Waals surface area contributed by atoms with Crippen LogP contribution in [0.15, 0.2) is 23.9 Å². The van der Waals surface area contributed by atoms with Crippen LogP contribution in [0.25, 0.3) is 5.76 Å². The van der Waals surface area contributed by atoms with Crippen molar-refractivity contribution in [2.24, 2.45) is 0 Å². The van der Waals surface area contributed by atoms with Crippen LogP contribution in [0, 0.1) is 0 Å². The largest absolute Gasteiger partial charge is 0.507 e. The number of hydrogen-bond donors (Lipinski definition) is 3. The van der Waals surface area contributed by atoms with Gasteiger partial charge in [-0.05, 0) is 38.8 Å². The topological polar surface area (TPSA) is 105 Å². The zero-order valence-electron chi connectivity index (χ0n) is 15.4. The predicted molar refractivity (Wildman–Crippen MR) is 111 cm³/mol. The van der Waals surface area contributed by atoms with Crippen molar-refractivity contribution in [3.05, 3.63) is 40.0 Å². The highest BCUT2D eigenvalue weighted by Crippen LogP contribution is 2.36. The minimum absolute atomic E-state index is 0.0886. The van der Waals surface area contributed by atoms with Gasteiger partial charge in [-0.2, -0.15) is 4.31 Å². The standard InChI is InChI=1S/C18H20N4O4S2/c1-3-19-13-8-5-10(9-20-13)14(23)11-6-7-12-16(15(11)24)28-17(21-12)22(27)18(25)26-4-2/h5,8-9,23,27H,3-4,6-7H2,1-2H3,(H,19,20). The van der Waals surface area contributed by atoms with Gasteiger partial charge in [-0.3, -0.25) is 4.79 Å². The van der Waals surface area contributed by atoms with Crippen LogP contribution >= 0.6 is 24.2 Å². The molecule has 2 aromatic heterocycles. The van der Waals surface area contributed by atoms with Gasteiger partial charge in [0.15, 0.2) is 0 Å². The third kappa shape index (κ3) is 3.97. The summed E-state index contributed by atoms with van der Waals surface area (Å²) in [5, 5.41) is 14.0. The lowest BCUT2D eigenvalue weighted by Crippen LogP contribution is -2.21. The highest BCUT2D eigenvalue weighted by molar-refractivity contribution is 7.83. The number of carbonyl (C=O) groups excluding carboxylic acids is 2. The summed E-state index contributed by atoms with van der Waals surface area (Å²) < 4.78 is 5.87. The Labute approximate surface area is 171 Å². The number of rotatable bonds is 5. The van der Waals surface area contributed by atoms with E-state index in [0.29, 0.717) is 40.4 Å². The number of Topliss-reactive ketones (excluding diaryl/α,β-unsaturated/α-hetero) is 1. The average molecular weight is 421 g/mol. The van der Waals surface area contributed by atoms with E-state index in [9.17, 15) is 14.7 Å². The van der Waals surface area contributed by atoms with E-state index in [2.05, 4.69) is 28.1 Å². The van der Waals surface area contributed by atoms with Gasteiger partial charge in [-0.15, -0.1) is 0 Å². The third-order valence-corrected chi connectivity index (χ3v) is 5.65. The highest BCUT2D eigenvalue weighted by Gasteiger charge is 2.31. The predicted octanol–water partition coefficient (Wildman–Crippen LogP) is 3.88. The zero-order chi connectivity index (χ0) is 20.3. The number of nitrogens with zero attached hydrogens (tertiary/aromatic N) is 3. The maximum Gasteiger partial charge on any atom is 0.426 e. The van der Waals surface area contributed by atoms with Gasteiger partial charge in [-0.1, -0.05) is 24.2 Å². The van der Waals surface area contributed by atoms with Gasteiger partial charge in [0.1, 0.15) is 16.5 Å². The molecule has 0 radical (unpaired) electrons. The summed E-state index contributed by atoms with van der Waals surface area (Å²) in [6, 6.07) is 3.46. The first-order valence-electron chi connectivity index (χ1n) is 8.78. The van der Waals surface area contributed by atoms with Crippen LogP contribution in [-0.4, -0.2) is 40.1 Å². The Hall–Kier alpha value is -2.59. The van der Waals surface area contributed by atoms with E-state index >= 15 is 0 Å². The number of nitrogens with one attached hydrogen (secondary N) is 1. The summed E-state index contributed by atoms with van der Waals surface area (Å²) in [5.74, 6) is 0.305. The molecular formula is C18H20N4O4S2. The molecule has 0 fully saturated rings. The van der Waals surface area contributed by atoms with E-state index in [1.54, 1.807) is 19.1 Å². The summed E-state index contributed by atoms with van der Waals surface area (Å²) in [6.07, 6.45) is 1.69. The number of hydrogen-bond acceptors (Lipinski definition) is 9. The molecule has 0 saturated heterocycles. The van der Waals surface area contributed by atoms with Crippen molar-refractivity contribution in [3.8, 4) is 0 Å². The van der Waals surface area contributed by atoms with Crippen LogP contribution < -0.4 is 9.62 Å². The summed E-state index contributed by atoms with van der Waals surface area (Å²) in [6.45, 7) is 4.60. The van der Waals surface area contributed by atoms with E-state index in [4.69, 9.17) is 4.74 Å². The fourth-order valence-corrected chi connectivity index (χ4v) is 3.96. The molecule has 0 spiro atoms. The zero-order valence-corrected chi connectivity index (χ0v) is 17.1. The fraction of sp³-hybridized carbons (Fsp3) is 0.333. The number of thiol groups is 1. The number of ketones is 1. The number of pyridine rings is 1. The van der Waals surface area contributed by atoms with Crippen molar-refractivity contribution < 1.29 is 19.4 Å². The molecule has 1 aliphatic carbocycles. The van der Waals surface area contributed by atoms with Crippen LogP contribution in [0.2, 0.25) is 0 Å². The summed E-state index contributed by atoms with van der Waals surface area (Å²) in [4.78, 5) is 33.6. The molecule has 2 aromatic rings. The Morgan fingerprint density at radius 1 is 1.39 bits per heavy atom. The first-order valence-corrected chi connectivity index (χ1v) is 10.00. The molecule has 0 aliphatic heterocycles. The second-order valence-electron chi connectivity index (χ2n) is 5.90. The van der Waals surface area contributed by atoms with Crippen LogP contribution in [0.4, 0.5) is 15.7 Å². The third-order valence-electron chi connectivity index (χ3n) is 4.08. The second-order valence-corrected chi connectivity index (χ2v) is 7.28. The number of aliphatic hydroxyl groups is 1. The maximum atomic E-state index is 12.9. The van der Waals surface area contributed by atoms with Gasteiger partial charge in [0.25, 0.3) is 0 Å². The molecule has 1 amide bonds. The fourth-order valence-electron chi connectivity index (χ4n) is 2.75. The molecule has 1 aliphatic rings. The number of aliphatic hydroxyl groups excluding tert-OH is 1. The molecule has 0 aromatic carbocycles. The minimum atomic E-state index is -0.658. The number of anilines is 2. The van der Waals surface area contributed by atoms with E-state index in [1.165, 1.54) is 6.20 Å². The lowest BCUT2D eigenvalue weighted by Gasteiger charge is -2.14. The summed E-state index contributed by atoms with van der Waals surface area (Å²) in [7, 11) is 0. The van der Waals surface area contributed by atoms with E-state index in [-0.39, 0.29) is 23.3 Å². The first kappa shape index (κ1) is 20.2. The summed E-state index contributed by atoms with van der Waals surface area (Å²) >= 11 is 5.15. The normalized spacial score (nSPS) is 15.0. The molecule has 28 heavy (non-hydrogen) atoms. The molecule has 10 heteroatoms. The number of carbonyl (C=O) groups is 2. The first-order chi connectivity index (χ1) is 13.5. The van der Waals surface area contributed by atoms with E-state index in [0.717, 1.165) is 22.2 Å². The van der Waals surface area contributed by atoms with Crippen LogP contribution in [0.5, 0.6) is 0 Å². The Balaban J connectivity index is 1.87. The molecule has 2 N–H and O–H groups in total. The monoisotopic (exact) mass is 420 g/mol. The van der Waals surface area contributed by atoms with Crippen molar-refractivity contribution in [1.29, 1.82) is 0 Å². The molecular weight excluding hydrogens is 400 g/mol. The molecule has 3 rings (SSSR count). The summed E-state index contributed by atoms with van der Waals surface area (Å²) in [5.41, 5.74) is 1.37. The Kier molecular flexibility index (Phi) is 6.20. The molecule has 2 heterocycles. The van der Waals surface area contributed by atoms with Crippen molar-refractivity contribution in [2.45, 2.75) is 26.7 Å². The molecule has 0 bridgehead atoms. The Bertz CT molecular complexity index is 924. The van der Waals surface area contributed by atoms with Gasteiger partial charge in [0, 0.05) is 23.9 Å². The van der Waals surface area contributed by atoms with Crippen LogP contribution in [0.3, 0.4) is 0 Å². The molecule has 0 atom stereocenters.